The molecule has 9 heteroatoms. The van der Waals surface area contributed by atoms with Gasteiger partial charge in [0.1, 0.15) is 6.33 Å². The third-order valence-corrected chi connectivity index (χ3v) is 4.39. The highest BCUT2D eigenvalue weighted by Gasteiger charge is 2.16. The number of fused-ring (bicyclic) bond motifs is 1. The fourth-order valence-electron chi connectivity index (χ4n) is 2.41. The predicted molar refractivity (Wildman–Crippen MR) is 90.0 cm³/mol. The van der Waals surface area contributed by atoms with Crippen LogP contribution in [0.4, 0.5) is 5.13 Å². The summed E-state index contributed by atoms with van der Waals surface area (Å²) < 4.78 is 3.44. The van der Waals surface area contributed by atoms with E-state index in [1.54, 1.807) is 27.7 Å². The zero-order valence-corrected chi connectivity index (χ0v) is 13.8. The van der Waals surface area contributed by atoms with Crippen LogP contribution in [0.3, 0.4) is 0 Å². The summed E-state index contributed by atoms with van der Waals surface area (Å²) in [5.74, 6) is -0.270. The molecule has 4 aromatic rings. The molecule has 0 fully saturated rings. The summed E-state index contributed by atoms with van der Waals surface area (Å²) in [6, 6.07) is 1.79. The van der Waals surface area contributed by atoms with Crippen LogP contribution in [0.15, 0.2) is 36.4 Å². The molecular weight excluding hydrogens is 326 g/mol. The monoisotopic (exact) mass is 339 g/mol. The van der Waals surface area contributed by atoms with Crippen LogP contribution in [0.25, 0.3) is 16.8 Å². The minimum Gasteiger partial charge on any atom is -0.298 e. The molecule has 8 nitrogen and oxygen atoms in total. The average Bonchev–Trinajstić information content (AvgIpc) is 3.27. The second-order valence-corrected chi connectivity index (χ2v) is 6.21. The van der Waals surface area contributed by atoms with Crippen LogP contribution < -0.4 is 5.32 Å². The van der Waals surface area contributed by atoms with Gasteiger partial charge in [0.25, 0.3) is 5.91 Å². The van der Waals surface area contributed by atoms with E-state index in [1.165, 1.54) is 11.3 Å². The van der Waals surface area contributed by atoms with Gasteiger partial charge in [-0.05, 0) is 13.0 Å². The standard InChI is InChI=1S/C15H13N7OS/c1-9-7-24-15(18-9)19-14(23)12-3-10(11-4-17-21(2)5-11)6-22-8-16-20-13(12)22/h3-8H,1-2H3,(H,18,19,23). The van der Waals surface area contributed by atoms with Crippen molar-refractivity contribution in [1.29, 1.82) is 0 Å². The number of pyridine rings is 1. The van der Waals surface area contributed by atoms with Gasteiger partial charge >= 0.3 is 0 Å². The Morgan fingerprint density at radius 2 is 2.17 bits per heavy atom. The van der Waals surface area contributed by atoms with Crippen molar-refractivity contribution in [3.8, 4) is 11.1 Å². The Balaban J connectivity index is 1.78. The summed E-state index contributed by atoms with van der Waals surface area (Å²) in [4.78, 5) is 16.9. The molecular formula is C15H13N7OS. The van der Waals surface area contributed by atoms with E-state index in [4.69, 9.17) is 0 Å². The second kappa shape index (κ2) is 5.53. The van der Waals surface area contributed by atoms with Gasteiger partial charge in [-0.15, -0.1) is 21.5 Å². The van der Waals surface area contributed by atoms with E-state index in [2.05, 4.69) is 25.6 Å². The van der Waals surface area contributed by atoms with Crippen molar-refractivity contribution in [3.05, 3.63) is 47.6 Å². The van der Waals surface area contributed by atoms with Crippen molar-refractivity contribution in [2.45, 2.75) is 6.92 Å². The molecule has 0 aromatic carbocycles. The first kappa shape index (κ1) is 14.5. The molecule has 0 unspecified atom stereocenters. The number of aromatic nitrogens is 6. The van der Waals surface area contributed by atoms with Gasteiger partial charge in [0.15, 0.2) is 10.8 Å². The Hall–Kier alpha value is -3.07. The lowest BCUT2D eigenvalue weighted by Crippen LogP contribution is -2.13. The van der Waals surface area contributed by atoms with Crippen LogP contribution in [0, 0.1) is 6.92 Å². The number of aryl methyl sites for hydroxylation is 2. The molecule has 0 saturated heterocycles. The van der Waals surface area contributed by atoms with E-state index < -0.39 is 0 Å². The highest BCUT2D eigenvalue weighted by atomic mass is 32.1. The summed E-state index contributed by atoms with van der Waals surface area (Å²) in [5.41, 5.74) is 3.56. The summed E-state index contributed by atoms with van der Waals surface area (Å²) >= 11 is 1.38. The van der Waals surface area contributed by atoms with Crippen molar-refractivity contribution in [3.63, 3.8) is 0 Å². The zero-order valence-electron chi connectivity index (χ0n) is 13.0. The number of hydrogen-bond donors (Lipinski definition) is 1. The number of nitrogens with zero attached hydrogens (tertiary/aromatic N) is 6. The summed E-state index contributed by atoms with van der Waals surface area (Å²) in [5, 5.41) is 17.4. The molecule has 24 heavy (non-hydrogen) atoms. The number of carbonyl (C=O) groups is 1. The Kier molecular flexibility index (Phi) is 3.35. The largest absolute Gasteiger partial charge is 0.298 e. The Morgan fingerprint density at radius 1 is 1.29 bits per heavy atom. The van der Waals surface area contributed by atoms with Crippen molar-refractivity contribution in [2.24, 2.45) is 7.05 Å². The molecule has 0 spiro atoms. The molecule has 0 saturated carbocycles. The van der Waals surface area contributed by atoms with Crippen LogP contribution in [-0.2, 0) is 7.05 Å². The molecule has 4 heterocycles. The molecule has 4 rings (SSSR count). The lowest BCUT2D eigenvalue weighted by atomic mass is 10.1. The molecule has 0 aliphatic carbocycles. The van der Waals surface area contributed by atoms with Crippen LogP contribution in [0.1, 0.15) is 16.1 Å². The van der Waals surface area contributed by atoms with Crippen LogP contribution in [0.2, 0.25) is 0 Å². The van der Waals surface area contributed by atoms with Crippen molar-refractivity contribution in [1.82, 2.24) is 29.4 Å². The first-order chi connectivity index (χ1) is 11.6. The highest BCUT2D eigenvalue weighted by Crippen LogP contribution is 2.23. The van der Waals surface area contributed by atoms with E-state index in [1.807, 2.05) is 31.7 Å². The lowest BCUT2D eigenvalue weighted by molar-refractivity contribution is 0.102. The number of anilines is 1. The predicted octanol–water partition coefficient (Wildman–Crippen LogP) is 2.15. The zero-order chi connectivity index (χ0) is 16.7. The maximum Gasteiger partial charge on any atom is 0.261 e. The molecule has 120 valence electrons. The summed E-state index contributed by atoms with van der Waals surface area (Å²) in [6.07, 6.45) is 7.07. The number of rotatable bonds is 3. The Morgan fingerprint density at radius 3 is 2.88 bits per heavy atom. The first-order valence-corrected chi connectivity index (χ1v) is 8.04. The fourth-order valence-corrected chi connectivity index (χ4v) is 3.09. The maximum absolute atomic E-state index is 12.7. The van der Waals surface area contributed by atoms with Gasteiger partial charge in [0, 0.05) is 35.9 Å². The Bertz CT molecular complexity index is 1050. The quantitative estimate of drug-likeness (QED) is 0.618. The summed E-state index contributed by atoms with van der Waals surface area (Å²) in [6.45, 7) is 1.88. The van der Waals surface area contributed by atoms with E-state index in [0.29, 0.717) is 16.3 Å². The second-order valence-electron chi connectivity index (χ2n) is 5.36. The highest BCUT2D eigenvalue weighted by molar-refractivity contribution is 7.13. The molecule has 0 aliphatic rings. The van der Waals surface area contributed by atoms with E-state index in [9.17, 15) is 4.79 Å². The van der Waals surface area contributed by atoms with Crippen molar-refractivity contribution >= 4 is 28.0 Å². The van der Waals surface area contributed by atoms with E-state index in [0.717, 1.165) is 16.8 Å². The minimum atomic E-state index is -0.270. The number of thiazole rings is 1. The lowest BCUT2D eigenvalue weighted by Gasteiger charge is -2.06. The Labute approximate surface area is 140 Å². The first-order valence-electron chi connectivity index (χ1n) is 7.16. The van der Waals surface area contributed by atoms with Gasteiger partial charge < -0.3 is 0 Å². The molecule has 0 atom stereocenters. The number of nitrogens with one attached hydrogen (secondary N) is 1. The maximum atomic E-state index is 12.7. The molecule has 1 N–H and O–H groups in total. The number of carbonyl (C=O) groups excluding carboxylic acids is 1. The SMILES string of the molecule is Cc1csc(NC(=O)c2cc(-c3cnn(C)c3)cn3cnnc23)n1. The topological polar surface area (TPSA) is 90.0 Å². The third-order valence-electron chi connectivity index (χ3n) is 3.51. The molecule has 1 amide bonds. The average molecular weight is 339 g/mol. The minimum absolute atomic E-state index is 0.270. The molecule has 0 aliphatic heterocycles. The van der Waals surface area contributed by atoms with Gasteiger partial charge in [0.2, 0.25) is 0 Å². The van der Waals surface area contributed by atoms with Gasteiger partial charge in [-0.25, -0.2) is 4.98 Å². The molecule has 4 aromatic heterocycles. The van der Waals surface area contributed by atoms with Crippen LogP contribution in [0.5, 0.6) is 0 Å². The number of hydrogen-bond acceptors (Lipinski definition) is 6. The number of amides is 1. The van der Waals surface area contributed by atoms with Crippen molar-refractivity contribution in [2.75, 3.05) is 5.32 Å². The van der Waals surface area contributed by atoms with E-state index in [-0.39, 0.29) is 5.91 Å². The van der Waals surface area contributed by atoms with Crippen LogP contribution in [-0.4, -0.2) is 35.3 Å². The van der Waals surface area contributed by atoms with Crippen LogP contribution >= 0.6 is 11.3 Å². The van der Waals surface area contributed by atoms with Crippen molar-refractivity contribution < 1.29 is 4.79 Å². The molecule has 0 bridgehead atoms. The van der Waals surface area contributed by atoms with Gasteiger partial charge in [-0.2, -0.15) is 5.10 Å². The van der Waals surface area contributed by atoms with E-state index >= 15 is 0 Å². The van der Waals surface area contributed by atoms with Gasteiger partial charge in [0.05, 0.1) is 17.5 Å². The van der Waals surface area contributed by atoms with Gasteiger partial charge in [-0.3, -0.25) is 19.2 Å². The normalized spacial score (nSPS) is 11.1. The molecule has 0 radical (unpaired) electrons. The third kappa shape index (κ3) is 2.54. The summed E-state index contributed by atoms with van der Waals surface area (Å²) in [7, 11) is 1.85. The fraction of sp³-hybridized carbons (Fsp3) is 0.133. The smallest absolute Gasteiger partial charge is 0.261 e. The van der Waals surface area contributed by atoms with Gasteiger partial charge in [-0.1, -0.05) is 0 Å².